The number of carbonyl (C=O) groups is 2. The molecule has 0 aliphatic heterocycles. The fraction of sp³-hybridized carbons (Fsp3) is 0.818. The summed E-state index contributed by atoms with van der Waals surface area (Å²) in [5, 5.41) is 0. The molecule has 8 heteroatoms. The van der Waals surface area contributed by atoms with Crippen LogP contribution in [0.1, 0.15) is 41.5 Å². The zero-order valence-corrected chi connectivity index (χ0v) is 12.2. The summed E-state index contributed by atoms with van der Waals surface area (Å²) in [7, 11) is 0. The second-order valence-electron chi connectivity index (χ2n) is 5.61. The lowest BCUT2D eigenvalue weighted by molar-refractivity contribution is -0.129. The topological polar surface area (TPSA) is 95.1 Å². The van der Waals surface area contributed by atoms with Crippen molar-refractivity contribution in [3.05, 3.63) is 0 Å². The Labute approximate surface area is 112 Å². The number of hydrogen-bond donors (Lipinski definition) is 2. The van der Waals surface area contributed by atoms with Gasteiger partial charge < -0.3 is 9.47 Å². The van der Waals surface area contributed by atoms with E-state index in [0.29, 0.717) is 0 Å². The van der Waals surface area contributed by atoms with E-state index in [-0.39, 0.29) is 0 Å². The molecule has 0 radical (unpaired) electrons. The van der Waals surface area contributed by atoms with Crippen molar-refractivity contribution in [2.45, 2.75) is 52.7 Å². The average Bonchev–Trinajstić information content (AvgIpc) is 2.10. The van der Waals surface area contributed by atoms with Crippen molar-refractivity contribution in [1.82, 2.24) is 11.0 Å². The van der Waals surface area contributed by atoms with E-state index in [9.17, 15) is 9.59 Å². The summed E-state index contributed by atoms with van der Waals surface area (Å²) in [5.41, 5.74) is 2.72. The van der Waals surface area contributed by atoms with E-state index < -0.39 is 30.2 Å². The minimum Gasteiger partial charge on any atom is -0.442 e. The first kappa shape index (κ1) is 17.5. The molecular formula is C11H22N2O6. The molecule has 0 rings (SSSR count). The van der Waals surface area contributed by atoms with Crippen LogP contribution in [0.4, 0.5) is 9.59 Å². The SMILES string of the molecule is CC(C)(C)OC(=O)NOCONC(=O)OC(C)(C)C. The van der Waals surface area contributed by atoms with E-state index in [1.165, 1.54) is 0 Å². The van der Waals surface area contributed by atoms with Crippen LogP contribution in [0.25, 0.3) is 0 Å². The largest absolute Gasteiger partial charge is 0.442 e. The van der Waals surface area contributed by atoms with Crippen LogP contribution < -0.4 is 11.0 Å². The van der Waals surface area contributed by atoms with Gasteiger partial charge in [0.15, 0.2) is 6.79 Å². The lowest BCUT2D eigenvalue weighted by Gasteiger charge is -2.20. The van der Waals surface area contributed by atoms with Crippen LogP contribution in [0.3, 0.4) is 0 Å². The third kappa shape index (κ3) is 12.7. The summed E-state index contributed by atoms with van der Waals surface area (Å²) in [5.74, 6) is 0. The average molecular weight is 278 g/mol. The molecule has 0 aliphatic rings. The molecule has 0 unspecified atom stereocenters. The lowest BCUT2D eigenvalue weighted by atomic mass is 10.2. The molecule has 8 nitrogen and oxygen atoms in total. The predicted octanol–water partition coefficient (Wildman–Crippen LogP) is 1.86. The third-order valence-electron chi connectivity index (χ3n) is 1.23. The normalized spacial score (nSPS) is 11.7. The number of carbonyl (C=O) groups excluding carboxylic acids is 2. The molecule has 0 aromatic heterocycles. The quantitative estimate of drug-likeness (QED) is 0.463. The molecule has 0 heterocycles. The van der Waals surface area contributed by atoms with Crippen molar-refractivity contribution in [1.29, 1.82) is 0 Å². The van der Waals surface area contributed by atoms with Gasteiger partial charge in [0.05, 0.1) is 0 Å². The van der Waals surface area contributed by atoms with Crippen molar-refractivity contribution in [3.8, 4) is 0 Å². The molecule has 0 saturated heterocycles. The van der Waals surface area contributed by atoms with Crippen molar-refractivity contribution in [2.24, 2.45) is 0 Å². The van der Waals surface area contributed by atoms with Gasteiger partial charge in [0.1, 0.15) is 11.2 Å². The Hall–Kier alpha value is -1.54. The second-order valence-corrected chi connectivity index (χ2v) is 5.61. The van der Waals surface area contributed by atoms with E-state index in [2.05, 4.69) is 9.68 Å². The first-order chi connectivity index (χ1) is 8.49. The highest BCUT2D eigenvalue weighted by Crippen LogP contribution is 2.07. The molecule has 112 valence electrons. The van der Waals surface area contributed by atoms with Gasteiger partial charge in [-0.25, -0.2) is 19.3 Å². The van der Waals surface area contributed by atoms with Gasteiger partial charge in [-0.15, -0.1) is 0 Å². The van der Waals surface area contributed by atoms with Gasteiger partial charge in [0.2, 0.25) is 0 Å². The maximum absolute atomic E-state index is 11.1. The van der Waals surface area contributed by atoms with Crippen LogP contribution in [0.2, 0.25) is 0 Å². The Morgan fingerprint density at radius 2 is 1.11 bits per heavy atom. The van der Waals surface area contributed by atoms with Crippen LogP contribution in [-0.2, 0) is 19.1 Å². The highest BCUT2D eigenvalue weighted by atomic mass is 16.8. The summed E-state index contributed by atoms with van der Waals surface area (Å²) < 4.78 is 9.78. The Morgan fingerprint density at radius 1 is 0.789 bits per heavy atom. The summed E-state index contributed by atoms with van der Waals surface area (Å²) in [6.07, 6.45) is -1.51. The second kappa shape index (κ2) is 7.15. The highest BCUT2D eigenvalue weighted by molar-refractivity contribution is 5.66. The van der Waals surface area contributed by atoms with E-state index in [0.717, 1.165) is 0 Å². The van der Waals surface area contributed by atoms with Gasteiger partial charge >= 0.3 is 12.2 Å². The number of nitrogens with one attached hydrogen (secondary N) is 2. The molecular weight excluding hydrogens is 256 g/mol. The first-order valence-corrected chi connectivity index (χ1v) is 5.71. The molecule has 2 N–H and O–H groups in total. The predicted molar refractivity (Wildman–Crippen MR) is 65.8 cm³/mol. The molecule has 0 aromatic rings. The molecule has 0 fully saturated rings. The smallest absolute Gasteiger partial charge is 0.431 e. The fourth-order valence-corrected chi connectivity index (χ4v) is 0.804. The standard InChI is InChI=1S/C11H22N2O6/c1-10(2,3)18-8(14)12-16-7-17-13-9(15)19-11(4,5)6/h7H2,1-6H3,(H,12,14)(H,13,15). The van der Waals surface area contributed by atoms with E-state index in [1.807, 2.05) is 11.0 Å². The first-order valence-electron chi connectivity index (χ1n) is 5.71. The zero-order chi connectivity index (χ0) is 15.1. The number of hydroxylamine groups is 2. The van der Waals surface area contributed by atoms with Crippen molar-refractivity contribution >= 4 is 12.2 Å². The third-order valence-corrected chi connectivity index (χ3v) is 1.23. The summed E-state index contributed by atoms with van der Waals surface area (Å²) >= 11 is 0. The molecule has 0 saturated carbocycles. The van der Waals surface area contributed by atoms with Crippen LogP contribution in [0.15, 0.2) is 0 Å². The molecule has 2 amide bonds. The van der Waals surface area contributed by atoms with Crippen molar-refractivity contribution in [3.63, 3.8) is 0 Å². The maximum Gasteiger partial charge on any atom is 0.431 e. The Balaban J connectivity index is 3.61. The summed E-state index contributed by atoms with van der Waals surface area (Å²) in [6, 6.07) is 0. The number of amides is 2. The van der Waals surface area contributed by atoms with Gasteiger partial charge in [0, 0.05) is 0 Å². The van der Waals surface area contributed by atoms with Crippen molar-refractivity contribution < 1.29 is 28.7 Å². The summed E-state index contributed by atoms with van der Waals surface area (Å²) in [6.45, 7) is 9.90. The molecule has 0 atom stereocenters. The molecule has 19 heavy (non-hydrogen) atoms. The molecule has 0 spiro atoms. The zero-order valence-electron chi connectivity index (χ0n) is 12.2. The van der Waals surface area contributed by atoms with E-state index in [4.69, 9.17) is 9.47 Å². The molecule has 0 bridgehead atoms. The van der Waals surface area contributed by atoms with Crippen LogP contribution in [-0.4, -0.2) is 30.2 Å². The number of ether oxygens (including phenoxy) is 2. The van der Waals surface area contributed by atoms with E-state index in [1.54, 1.807) is 41.5 Å². The van der Waals surface area contributed by atoms with Gasteiger partial charge in [-0.1, -0.05) is 0 Å². The minimum absolute atomic E-state index is 0.390. The van der Waals surface area contributed by atoms with Crippen LogP contribution >= 0.6 is 0 Å². The number of rotatable bonds is 4. The van der Waals surface area contributed by atoms with Gasteiger partial charge in [-0.05, 0) is 41.5 Å². The highest BCUT2D eigenvalue weighted by Gasteiger charge is 2.17. The molecule has 0 aromatic carbocycles. The molecule has 0 aliphatic carbocycles. The van der Waals surface area contributed by atoms with Crippen LogP contribution in [0, 0.1) is 0 Å². The van der Waals surface area contributed by atoms with Gasteiger partial charge in [-0.3, -0.25) is 0 Å². The Bertz CT molecular complexity index is 275. The monoisotopic (exact) mass is 278 g/mol. The van der Waals surface area contributed by atoms with Crippen LogP contribution in [0.5, 0.6) is 0 Å². The van der Waals surface area contributed by atoms with E-state index >= 15 is 0 Å². The summed E-state index contributed by atoms with van der Waals surface area (Å²) in [4.78, 5) is 31.4. The van der Waals surface area contributed by atoms with Gasteiger partial charge in [0.25, 0.3) is 0 Å². The fourth-order valence-electron chi connectivity index (χ4n) is 0.804. The minimum atomic E-state index is -0.756. The Kier molecular flexibility index (Phi) is 6.57. The maximum atomic E-state index is 11.1. The van der Waals surface area contributed by atoms with Crippen molar-refractivity contribution in [2.75, 3.05) is 6.79 Å². The Morgan fingerprint density at radius 3 is 1.37 bits per heavy atom. The lowest BCUT2D eigenvalue weighted by Crippen LogP contribution is -2.36. The van der Waals surface area contributed by atoms with Gasteiger partial charge in [-0.2, -0.15) is 11.0 Å². The number of hydrogen-bond acceptors (Lipinski definition) is 6.